The maximum Gasteiger partial charge on any atom is 0.407 e. The Morgan fingerprint density at radius 2 is 1.96 bits per heavy atom. The van der Waals surface area contributed by atoms with E-state index in [2.05, 4.69) is 5.32 Å². The van der Waals surface area contributed by atoms with Gasteiger partial charge in [0.25, 0.3) is 5.91 Å². The van der Waals surface area contributed by atoms with Crippen molar-refractivity contribution >= 4 is 12.0 Å². The molecule has 2 amide bonds. The fourth-order valence-electron chi connectivity index (χ4n) is 3.84. The number of rotatable bonds is 6. The van der Waals surface area contributed by atoms with Crippen LogP contribution in [0.5, 0.6) is 0 Å². The standard InChI is InChI=1S/C20H26N2O4/c23-19(21-16-6-8-26-9-7-16)15-3-1-2-14(10-15)17-11-18(17)22(20(24)25)12-13-4-5-13/h1-3,10,13,16-18H,4-9,11-12H2,(H,21,23)(H,24,25)/t17-,18+/m0/s1. The molecule has 6 nitrogen and oxygen atoms in total. The van der Waals surface area contributed by atoms with Gasteiger partial charge in [0, 0.05) is 43.3 Å². The van der Waals surface area contributed by atoms with E-state index in [-0.39, 0.29) is 23.9 Å². The minimum Gasteiger partial charge on any atom is -0.465 e. The second kappa shape index (κ2) is 7.27. The van der Waals surface area contributed by atoms with Crippen molar-refractivity contribution in [3.05, 3.63) is 35.4 Å². The minimum atomic E-state index is -0.821. The van der Waals surface area contributed by atoms with Gasteiger partial charge in [-0.15, -0.1) is 0 Å². The number of amides is 2. The number of nitrogens with zero attached hydrogens (tertiary/aromatic N) is 1. The molecule has 0 aromatic heterocycles. The second-order valence-corrected chi connectivity index (χ2v) is 7.77. The molecule has 2 aliphatic carbocycles. The van der Waals surface area contributed by atoms with Crippen molar-refractivity contribution in [3.63, 3.8) is 0 Å². The van der Waals surface area contributed by atoms with Crippen molar-refractivity contribution in [2.45, 2.75) is 50.1 Å². The van der Waals surface area contributed by atoms with Crippen molar-refractivity contribution in [1.82, 2.24) is 10.2 Å². The van der Waals surface area contributed by atoms with Gasteiger partial charge in [-0.3, -0.25) is 4.79 Å². The normalized spacial score (nSPS) is 25.5. The van der Waals surface area contributed by atoms with E-state index >= 15 is 0 Å². The monoisotopic (exact) mass is 358 g/mol. The van der Waals surface area contributed by atoms with Crippen LogP contribution < -0.4 is 5.32 Å². The van der Waals surface area contributed by atoms with Crippen molar-refractivity contribution in [1.29, 1.82) is 0 Å². The highest BCUT2D eigenvalue weighted by molar-refractivity contribution is 5.94. The Hall–Kier alpha value is -2.08. The van der Waals surface area contributed by atoms with Gasteiger partial charge >= 0.3 is 6.09 Å². The van der Waals surface area contributed by atoms with E-state index in [0.29, 0.717) is 31.2 Å². The molecule has 0 spiro atoms. The summed E-state index contributed by atoms with van der Waals surface area (Å²) in [5, 5.41) is 12.6. The molecule has 0 unspecified atom stereocenters. The Morgan fingerprint density at radius 3 is 2.65 bits per heavy atom. The van der Waals surface area contributed by atoms with Crippen molar-refractivity contribution in [3.8, 4) is 0 Å². The SMILES string of the molecule is O=C(NC1CCOCC1)c1cccc([C@@H]2C[C@H]2N(CC2CC2)C(=O)O)c1. The quantitative estimate of drug-likeness (QED) is 0.820. The first-order valence-electron chi connectivity index (χ1n) is 9.60. The summed E-state index contributed by atoms with van der Waals surface area (Å²) in [7, 11) is 0. The number of hydrogen-bond donors (Lipinski definition) is 2. The van der Waals surface area contributed by atoms with Crippen LogP contribution in [0.25, 0.3) is 0 Å². The highest BCUT2D eigenvalue weighted by Crippen LogP contribution is 2.46. The van der Waals surface area contributed by atoms with Gasteiger partial charge in [0.15, 0.2) is 0 Å². The molecular weight excluding hydrogens is 332 g/mol. The number of hydrogen-bond acceptors (Lipinski definition) is 3. The summed E-state index contributed by atoms with van der Waals surface area (Å²) in [5.41, 5.74) is 1.72. The topological polar surface area (TPSA) is 78.9 Å². The third kappa shape index (κ3) is 4.01. The molecule has 140 valence electrons. The molecule has 2 atom stereocenters. The molecule has 1 aliphatic heterocycles. The average Bonchev–Trinajstić information content (AvgIpc) is 3.54. The largest absolute Gasteiger partial charge is 0.465 e. The van der Waals surface area contributed by atoms with Crippen LogP contribution >= 0.6 is 0 Å². The lowest BCUT2D eigenvalue weighted by molar-refractivity contribution is 0.0696. The van der Waals surface area contributed by atoms with E-state index in [1.807, 2.05) is 24.3 Å². The fourth-order valence-corrected chi connectivity index (χ4v) is 3.84. The van der Waals surface area contributed by atoms with Crippen LogP contribution in [-0.2, 0) is 4.74 Å². The zero-order valence-electron chi connectivity index (χ0n) is 14.9. The Bertz CT molecular complexity index is 682. The molecule has 1 saturated heterocycles. The lowest BCUT2D eigenvalue weighted by Gasteiger charge is -2.23. The van der Waals surface area contributed by atoms with Gasteiger partial charge in [-0.1, -0.05) is 12.1 Å². The summed E-state index contributed by atoms with van der Waals surface area (Å²) >= 11 is 0. The van der Waals surface area contributed by atoms with E-state index in [1.54, 1.807) is 4.90 Å². The smallest absolute Gasteiger partial charge is 0.407 e. The molecule has 4 rings (SSSR count). The van der Waals surface area contributed by atoms with Gasteiger partial charge in [0.05, 0.1) is 0 Å². The van der Waals surface area contributed by atoms with Crippen LogP contribution in [0.15, 0.2) is 24.3 Å². The van der Waals surface area contributed by atoms with Crippen LogP contribution in [0, 0.1) is 5.92 Å². The number of carbonyl (C=O) groups is 2. The molecule has 3 aliphatic rings. The number of carboxylic acid groups (broad SMARTS) is 1. The van der Waals surface area contributed by atoms with Crippen molar-refractivity contribution in [2.75, 3.05) is 19.8 Å². The molecule has 1 heterocycles. The lowest BCUT2D eigenvalue weighted by atomic mass is 10.0. The molecule has 1 aromatic carbocycles. The van der Waals surface area contributed by atoms with Crippen LogP contribution in [0.2, 0.25) is 0 Å². The zero-order chi connectivity index (χ0) is 18.1. The van der Waals surface area contributed by atoms with Gasteiger partial charge in [0.2, 0.25) is 0 Å². The summed E-state index contributed by atoms with van der Waals surface area (Å²) in [6.45, 7) is 2.04. The molecule has 2 N–H and O–H groups in total. The maximum atomic E-state index is 12.5. The summed E-state index contributed by atoms with van der Waals surface area (Å²) in [4.78, 5) is 25.7. The minimum absolute atomic E-state index is 0.0518. The summed E-state index contributed by atoms with van der Waals surface area (Å²) in [5.74, 6) is 0.702. The predicted octanol–water partition coefficient (Wildman–Crippen LogP) is 2.84. The van der Waals surface area contributed by atoms with Crippen molar-refractivity contribution < 1.29 is 19.4 Å². The number of ether oxygens (including phenoxy) is 1. The lowest BCUT2D eigenvalue weighted by Crippen LogP contribution is -2.38. The highest BCUT2D eigenvalue weighted by atomic mass is 16.5. The summed E-state index contributed by atoms with van der Waals surface area (Å²) in [6.07, 6.45) is 4.02. The Morgan fingerprint density at radius 1 is 1.19 bits per heavy atom. The highest BCUT2D eigenvalue weighted by Gasteiger charge is 2.46. The second-order valence-electron chi connectivity index (χ2n) is 7.77. The molecule has 0 bridgehead atoms. The number of benzene rings is 1. The predicted molar refractivity (Wildman–Crippen MR) is 96.4 cm³/mol. The third-order valence-corrected chi connectivity index (χ3v) is 5.69. The fraction of sp³-hybridized carbons (Fsp3) is 0.600. The average molecular weight is 358 g/mol. The van der Waals surface area contributed by atoms with Crippen LogP contribution in [-0.4, -0.2) is 53.8 Å². The van der Waals surface area contributed by atoms with E-state index in [1.165, 1.54) is 0 Å². The summed E-state index contributed by atoms with van der Waals surface area (Å²) < 4.78 is 5.33. The number of nitrogens with one attached hydrogen (secondary N) is 1. The molecule has 2 saturated carbocycles. The van der Waals surface area contributed by atoms with Crippen molar-refractivity contribution in [2.24, 2.45) is 5.92 Å². The first-order valence-corrected chi connectivity index (χ1v) is 9.60. The van der Waals surface area contributed by atoms with E-state index in [9.17, 15) is 14.7 Å². The van der Waals surface area contributed by atoms with Gasteiger partial charge < -0.3 is 20.1 Å². The molecule has 1 aromatic rings. The first kappa shape index (κ1) is 17.3. The van der Waals surface area contributed by atoms with E-state index < -0.39 is 6.09 Å². The van der Waals surface area contributed by atoms with Crippen LogP contribution in [0.3, 0.4) is 0 Å². The Kier molecular flexibility index (Phi) is 4.85. The van der Waals surface area contributed by atoms with Crippen LogP contribution in [0.1, 0.15) is 53.9 Å². The maximum absolute atomic E-state index is 12.5. The first-order chi connectivity index (χ1) is 12.6. The molecule has 6 heteroatoms. The molecular formula is C20H26N2O4. The van der Waals surface area contributed by atoms with Crippen LogP contribution in [0.4, 0.5) is 4.79 Å². The van der Waals surface area contributed by atoms with E-state index in [4.69, 9.17) is 4.74 Å². The Labute approximate surface area is 153 Å². The zero-order valence-corrected chi connectivity index (χ0v) is 14.9. The molecule has 26 heavy (non-hydrogen) atoms. The van der Waals surface area contributed by atoms with Gasteiger partial charge in [0.1, 0.15) is 0 Å². The van der Waals surface area contributed by atoms with Gasteiger partial charge in [-0.2, -0.15) is 0 Å². The summed E-state index contributed by atoms with van der Waals surface area (Å²) in [6, 6.07) is 7.89. The number of carbonyl (C=O) groups excluding carboxylic acids is 1. The van der Waals surface area contributed by atoms with Gasteiger partial charge in [-0.25, -0.2) is 4.79 Å². The van der Waals surface area contributed by atoms with E-state index in [0.717, 1.165) is 37.7 Å². The molecule has 3 fully saturated rings. The third-order valence-electron chi connectivity index (χ3n) is 5.69. The molecule has 0 radical (unpaired) electrons. The Balaban J connectivity index is 1.39. The van der Waals surface area contributed by atoms with Gasteiger partial charge in [-0.05, 0) is 55.7 Å².